The fourth-order valence-corrected chi connectivity index (χ4v) is 4.92. The number of para-hydroxylation sites is 1. The van der Waals surface area contributed by atoms with Gasteiger partial charge in [-0.1, -0.05) is 23.9 Å². The number of carbonyl (C=O) groups is 1. The molecule has 2 heterocycles. The maximum Gasteiger partial charge on any atom is 0.276 e. The van der Waals surface area contributed by atoms with Gasteiger partial charge in [0.2, 0.25) is 0 Å². The van der Waals surface area contributed by atoms with Crippen molar-refractivity contribution in [2.24, 2.45) is 11.0 Å². The topological polar surface area (TPSA) is 64.0 Å². The molecule has 0 saturated heterocycles. The largest absolute Gasteiger partial charge is 0.492 e. The smallest absolute Gasteiger partial charge is 0.276 e. The monoisotopic (exact) mass is 477 g/mol. The van der Waals surface area contributed by atoms with Crippen molar-refractivity contribution >= 4 is 22.7 Å². The minimum absolute atomic E-state index is 0.280. The summed E-state index contributed by atoms with van der Waals surface area (Å²) in [4.78, 5) is 17.7. The van der Waals surface area contributed by atoms with Crippen molar-refractivity contribution in [2.45, 2.75) is 25.1 Å². The number of aromatic nitrogens is 1. The minimum Gasteiger partial charge on any atom is -0.492 e. The second kappa shape index (κ2) is 9.46. The number of ether oxygens (including phenoxy) is 2. The van der Waals surface area contributed by atoms with Crippen molar-refractivity contribution in [2.75, 3.05) is 13.7 Å². The molecule has 1 aliphatic heterocycles. The first-order valence-electron chi connectivity index (χ1n) is 11.1. The van der Waals surface area contributed by atoms with Gasteiger partial charge in [0.15, 0.2) is 11.5 Å². The minimum atomic E-state index is -0.493. The average Bonchev–Trinajstić information content (AvgIpc) is 3.58. The predicted molar refractivity (Wildman–Crippen MR) is 130 cm³/mol. The number of benzene rings is 2. The van der Waals surface area contributed by atoms with Crippen LogP contribution in [0.4, 0.5) is 4.39 Å². The van der Waals surface area contributed by atoms with Crippen molar-refractivity contribution in [3.63, 3.8) is 0 Å². The highest BCUT2D eigenvalue weighted by atomic mass is 32.2. The molecular formula is C26H24FN3O3S. The molecular weight excluding hydrogens is 453 g/mol. The zero-order valence-electron chi connectivity index (χ0n) is 18.9. The first-order valence-corrected chi connectivity index (χ1v) is 12.0. The predicted octanol–water partition coefficient (Wildman–Crippen LogP) is 5.58. The molecule has 0 radical (unpaired) electrons. The van der Waals surface area contributed by atoms with Gasteiger partial charge in [-0.05, 0) is 67.6 Å². The Kier molecular flexibility index (Phi) is 6.24. The molecule has 34 heavy (non-hydrogen) atoms. The van der Waals surface area contributed by atoms with E-state index in [2.05, 4.69) is 10.1 Å². The van der Waals surface area contributed by atoms with Crippen LogP contribution in [0.5, 0.6) is 11.5 Å². The summed E-state index contributed by atoms with van der Waals surface area (Å²) in [6.07, 6.45) is 5.60. The van der Waals surface area contributed by atoms with Crippen LogP contribution in [-0.4, -0.2) is 34.7 Å². The molecule has 1 fully saturated rings. The number of hydrazone groups is 1. The number of nitrogens with zero attached hydrogens (tertiary/aromatic N) is 3. The molecule has 174 valence electrons. The highest BCUT2D eigenvalue weighted by Crippen LogP contribution is 2.47. The number of hydrogen-bond donors (Lipinski definition) is 0. The second-order valence-electron chi connectivity index (χ2n) is 8.42. The van der Waals surface area contributed by atoms with Gasteiger partial charge in [-0.3, -0.25) is 9.78 Å². The van der Waals surface area contributed by atoms with Gasteiger partial charge in [0.1, 0.15) is 16.2 Å². The highest BCUT2D eigenvalue weighted by molar-refractivity contribution is 8.14. The van der Waals surface area contributed by atoms with E-state index >= 15 is 0 Å². The number of methoxy groups -OCH3 is 1. The van der Waals surface area contributed by atoms with Crippen molar-refractivity contribution in [1.82, 2.24) is 9.99 Å². The SMILES string of the molecule is COc1c(OCC2CC2)cccc1C1SC(c2ccc(F)cc2)=NN1C(=O)c1cncc(C)c1. The van der Waals surface area contributed by atoms with Crippen LogP contribution in [0.25, 0.3) is 0 Å². The van der Waals surface area contributed by atoms with Gasteiger partial charge >= 0.3 is 0 Å². The zero-order chi connectivity index (χ0) is 23.7. The number of aryl methyl sites for hydroxylation is 1. The van der Waals surface area contributed by atoms with Crippen molar-refractivity contribution in [3.8, 4) is 11.5 Å². The maximum absolute atomic E-state index is 13.6. The number of amides is 1. The number of hydrogen-bond acceptors (Lipinski definition) is 6. The number of rotatable bonds is 7. The zero-order valence-corrected chi connectivity index (χ0v) is 19.7. The lowest BCUT2D eigenvalue weighted by molar-refractivity contribution is 0.0747. The first-order chi connectivity index (χ1) is 16.5. The van der Waals surface area contributed by atoms with E-state index in [0.717, 1.165) is 16.7 Å². The van der Waals surface area contributed by atoms with Crippen LogP contribution in [0.1, 0.15) is 45.3 Å². The Hall–Kier alpha value is -3.39. The van der Waals surface area contributed by atoms with Gasteiger partial charge in [-0.25, -0.2) is 9.40 Å². The van der Waals surface area contributed by atoms with Crippen LogP contribution in [0.15, 0.2) is 66.0 Å². The van der Waals surface area contributed by atoms with E-state index in [9.17, 15) is 9.18 Å². The lowest BCUT2D eigenvalue weighted by Gasteiger charge is -2.24. The summed E-state index contributed by atoms with van der Waals surface area (Å²) in [6, 6.07) is 13.6. The molecule has 5 rings (SSSR count). The van der Waals surface area contributed by atoms with Crippen LogP contribution in [-0.2, 0) is 0 Å². The van der Waals surface area contributed by atoms with Gasteiger partial charge in [0, 0.05) is 23.5 Å². The first kappa shape index (κ1) is 22.4. The fraction of sp³-hybridized carbons (Fsp3) is 0.269. The molecule has 1 unspecified atom stereocenters. The Morgan fingerprint density at radius 2 is 1.97 bits per heavy atom. The normalized spacial score (nSPS) is 17.4. The molecule has 1 aliphatic carbocycles. The maximum atomic E-state index is 13.6. The third kappa shape index (κ3) is 4.63. The van der Waals surface area contributed by atoms with Gasteiger partial charge in [-0.2, -0.15) is 5.10 Å². The summed E-state index contributed by atoms with van der Waals surface area (Å²) in [5.74, 6) is 1.21. The van der Waals surface area contributed by atoms with E-state index in [1.54, 1.807) is 31.5 Å². The number of pyridine rings is 1. The summed E-state index contributed by atoms with van der Waals surface area (Å²) >= 11 is 1.41. The summed E-state index contributed by atoms with van der Waals surface area (Å²) in [5.41, 5.74) is 2.82. The molecule has 1 saturated carbocycles. The molecule has 2 aromatic carbocycles. The van der Waals surface area contributed by atoms with Crippen LogP contribution in [0.2, 0.25) is 0 Å². The molecule has 3 aromatic rings. The van der Waals surface area contributed by atoms with E-state index in [1.165, 1.54) is 47.9 Å². The van der Waals surface area contributed by atoms with Crippen LogP contribution >= 0.6 is 11.8 Å². The molecule has 1 amide bonds. The molecule has 8 heteroatoms. The van der Waals surface area contributed by atoms with Crippen LogP contribution in [0, 0.1) is 18.7 Å². The van der Waals surface area contributed by atoms with Crippen molar-refractivity contribution < 1.29 is 18.7 Å². The fourth-order valence-electron chi connectivity index (χ4n) is 3.75. The summed E-state index contributed by atoms with van der Waals surface area (Å²) < 4.78 is 25.3. The Morgan fingerprint density at radius 1 is 1.18 bits per heavy atom. The van der Waals surface area contributed by atoms with Gasteiger partial charge in [0.25, 0.3) is 5.91 Å². The molecule has 6 nitrogen and oxygen atoms in total. The summed E-state index contributed by atoms with van der Waals surface area (Å²) in [7, 11) is 1.60. The standard InChI is InChI=1S/C26H24FN3O3S/c1-16-12-19(14-28-13-16)25(31)30-26(34-24(29-30)18-8-10-20(27)11-9-18)21-4-3-5-22(23(21)32-2)33-15-17-6-7-17/h3-5,8-14,17,26H,6-7,15H2,1-2H3. The Balaban J connectivity index is 1.53. The lowest BCUT2D eigenvalue weighted by atomic mass is 10.1. The van der Waals surface area contributed by atoms with Gasteiger partial charge < -0.3 is 9.47 Å². The van der Waals surface area contributed by atoms with Crippen molar-refractivity contribution in [1.29, 1.82) is 0 Å². The van der Waals surface area contributed by atoms with Gasteiger partial charge in [-0.15, -0.1) is 0 Å². The summed E-state index contributed by atoms with van der Waals surface area (Å²) in [6.45, 7) is 2.53. The van der Waals surface area contributed by atoms with E-state index < -0.39 is 5.37 Å². The summed E-state index contributed by atoms with van der Waals surface area (Å²) in [5, 5.41) is 6.23. The third-order valence-electron chi connectivity index (χ3n) is 5.72. The molecule has 0 N–H and O–H groups in total. The molecule has 1 atom stereocenters. The average molecular weight is 478 g/mol. The van der Waals surface area contributed by atoms with Crippen molar-refractivity contribution in [3.05, 3.63) is 89.0 Å². The van der Waals surface area contributed by atoms with Gasteiger partial charge in [0.05, 0.1) is 19.3 Å². The van der Waals surface area contributed by atoms with Crippen LogP contribution < -0.4 is 9.47 Å². The third-order valence-corrected chi connectivity index (χ3v) is 6.93. The Morgan fingerprint density at radius 3 is 2.68 bits per heavy atom. The van der Waals surface area contributed by atoms with Crippen LogP contribution in [0.3, 0.4) is 0 Å². The Bertz CT molecular complexity index is 1240. The van der Waals surface area contributed by atoms with E-state index in [0.29, 0.717) is 34.6 Å². The Labute approximate surface area is 201 Å². The number of carbonyl (C=O) groups excluding carboxylic acids is 1. The van der Waals surface area contributed by atoms with E-state index in [-0.39, 0.29) is 11.7 Å². The molecule has 2 aliphatic rings. The van der Waals surface area contributed by atoms with E-state index in [4.69, 9.17) is 9.47 Å². The molecule has 0 spiro atoms. The van der Waals surface area contributed by atoms with E-state index in [1.807, 2.05) is 25.1 Å². The quantitative estimate of drug-likeness (QED) is 0.445. The number of thioether (sulfide) groups is 1. The lowest BCUT2D eigenvalue weighted by Crippen LogP contribution is -2.26. The highest BCUT2D eigenvalue weighted by Gasteiger charge is 2.37. The second-order valence-corrected chi connectivity index (χ2v) is 9.48. The molecule has 1 aromatic heterocycles. The number of halogens is 1. The molecule has 0 bridgehead atoms.